The number of benzene rings is 5. The number of amides is 3. The Kier molecular flexibility index (Phi) is 11.2. The van der Waals surface area contributed by atoms with Crippen LogP contribution in [0.25, 0.3) is 11.1 Å². The molecule has 0 unspecified atom stereocenters. The van der Waals surface area contributed by atoms with Crippen LogP contribution in [0.5, 0.6) is 5.75 Å². The molecule has 1 heterocycles. The largest absolute Gasteiger partial charge is 0.497 e. The molecule has 0 aliphatic carbocycles. The highest BCUT2D eigenvalue weighted by molar-refractivity contribution is 7.90. The lowest BCUT2D eigenvalue weighted by Gasteiger charge is -2.36. The minimum atomic E-state index is -4.52. The normalized spacial score (nSPS) is 13.2. The molecule has 5 aromatic rings. The maximum atomic E-state index is 13.3. The Morgan fingerprint density at radius 3 is 2.11 bits per heavy atom. The highest BCUT2D eigenvalue weighted by atomic mass is 32.2. The van der Waals surface area contributed by atoms with Gasteiger partial charge in [-0.1, -0.05) is 54.6 Å². The third-order valence-corrected chi connectivity index (χ3v) is 10.8. The van der Waals surface area contributed by atoms with Gasteiger partial charge in [-0.15, -0.1) is 0 Å². The van der Waals surface area contributed by atoms with Gasteiger partial charge in [-0.2, -0.15) is 0 Å². The number of urea groups is 1. The Morgan fingerprint density at radius 2 is 1.46 bits per heavy atom. The lowest BCUT2D eigenvalue weighted by atomic mass is 9.99. The van der Waals surface area contributed by atoms with Gasteiger partial charge >= 0.3 is 6.03 Å². The first-order valence-corrected chi connectivity index (χ1v) is 18.7. The van der Waals surface area contributed by atoms with Crippen LogP contribution in [0, 0.1) is 10.1 Å². The molecule has 1 fully saturated rings. The zero-order valence-corrected chi connectivity index (χ0v) is 30.9. The summed E-state index contributed by atoms with van der Waals surface area (Å²) in [7, 11) is -0.161. The van der Waals surface area contributed by atoms with Crippen LogP contribution in [0.2, 0.25) is 0 Å². The third kappa shape index (κ3) is 8.35. The molecular weight excluding hydrogens is 709 g/mol. The molecule has 13 nitrogen and oxygen atoms in total. The van der Waals surface area contributed by atoms with E-state index in [0.717, 1.165) is 61.5 Å². The van der Waals surface area contributed by atoms with E-state index in [0.29, 0.717) is 11.4 Å². The first-order chi connectivity index (χ1) is 25.9. The van der Waals surface area contributed by atoms with E-state index in [2.05, 4.69) is 46.2 Å². The van der Waals surface area contributed by atoms with Crippen molar-refractivity contribution in [3.05, 3.63) is 143 Å². The van der Waals surface area contributed by atoms with E-state index in [4.69, 9.17) is 4.74 Å². The average Bonchev–Trinajstić information content (AvgIpc) is 3.20. The number of hydrogen-bond donors (Lipinski definition) is 1. The summed E-state index contributed by atoms with van der Waals surface area (Å²) in [5.74, 6) is -0.296. The SMILES string of the molecule is COc1ccc(N(C)C(=O)N(C)c2ccc(S(=O)(=O)NC(=O)c3ccc(N4CCN(Cc5ccccc5-c5ccccc5)CC4)cc3)cc2[N+](=O)[O-])cc1. The molecule has 0 spiro atoms. The molecule has 1 aliphatic rings. The summed E-state index contributed by atoms with van der Waals surface area (Å²) >= 11 is 0. The number of hydrogen-bond acceptors (Lipinski definition) is 9. The molecule has 1 saturated heterocycles. The maximum absolute atomic E-state index is 13.3. The van der Waals surface area contributed by atoms with Crippen molar-refractivity contribution in [3.8, 4) is 16.9 Å². The van der Waals surface area contributed by atoms with Crippen LogP contribution in [0.15, 0.2) is 126 Å². The Bertz CT molecular complexity index is 2240. The second-order valence-corrected chi connectivity index (χ2v) is 14.5. The van der Waals surface area contributed by atoms with Crippen LogP contribution in [0.4, 0.5) is 27.5 Å². The molecule has 1 aliphatic heterocycles. The number of sulfonamides is 1. The Hall–Kier alpha value is -6.25. The van der Waals surface area contributed by atoms with Gasteiger partial charge in [0.25, 0.3) is 21.6 Å². The fourth-order valence-corrected chi connectivity index (χ4v) is 7.36. The van der Waals surface area contributed by atoms with Crippen LogP contribution < -0.4 is 24.2 Å². The number of carbonyl (C=O) groups excluding carboxylic acids is 2. The summed E-state index contributed by atoms with van der Waals surface area (Å²) in [6, 6.07) is 34.6. The summed E-state index contributed by atoms with van der Waals surface area (Å²) in [5, 5.41) is 12.1. The van der Waals surface area contributed by atoms with Crippen LogP contribution in [0.3, 0.4) is 0 Å². The standard InChI is InChI=1S/C40H40N6O7S/c1-42(32-17-19-34(53-3)20-18-32)40(48)43(2)37-22-21-35(27-38(37)46(49)50)54(51,52)41-39(47)30-13-15-33(16-14-30)45-25-23-44(24-26-45)28-31-11-7-8-12-36(31)29-9-5-4-6-10-29/h4-22,27H,23-26,28H2,1-3H3,(H,41,47). The summed E-state index contributed by atoms with van der Waals surface area (Å²) in [6.45, 7) is 4.08. The molecule has 0 aromatic heterocycles. The van der Waals surface area contributed by atoms with Gasteiger partial charge in [0.05, 0.1) is 16.9 Å². The van der Waals surface area contributed by atoms with Crippen molar-refractivity contribution >= 4 is 44.7 Å². The number of methoxy groups -OCH3 is 1. The molecule has 1 N–H and O–H groups in total. The van der Waals surface area contributed by atoms with Crippen molar-refractivity contribution < 1.29 is 27.7 Å². The number of carbonyl (C=O) groups is 2. The zero-order chi connectivity index (χ0) is 38.4. The number of nitrogens with one attached hydrogen (secondary N) is 1. The predicted octanol–water partition coefficient (Wildman–Crippen LogP) is 6.40. The fraction of sp³-hybridized carbons (Fsp3) is 0.200. The maximum Gasteiger partial charge on any atom is 0.328 e. The van der Waals surface area contributed by atoms with Crippen molar-refractivity contribution in [2.75, 3.05) is 62.1 Å². The summed E-state index contributed by atoms with van der Waals surface area (Å²) < 4.78 is 33.7. The van der Waals surface area contributed by atoms with Crippen molar-refractivity contribution in [1.82, 2.24) is 9.62 Å². The number of nitro benzene ring substituents is 1. The monoisotopic (exact) mass is 748 g/mol. The molecule has 5 aromatic carbocycles. The van der Waals surface area contributed by atoms with Crippen molar-refractivity contribution in [3.63, 3.8) is 0 Å². The van der Waals surface area contributed by atoms with Crippen molar-refractivity contribution in [1.29, 1.82) is 0 Å². The fourth-order valence-electron chi connectivity index (χ4n) is 6.37. The van der Waals surface area contributed by atoms with E-state index in [1.165, 1.54) is 42.8 Å². The minimum Gasteiger partial charge on any atom is -0.497 e. The van der Waals surface area contributed by atoms with Gasteiger partial charge in [0, 0.05) is 69.8 Å². The highest BCUT2D eigenvalue weighted by Gasteiger charge is 2.29. The molecule has 54 heavy (non-hydrogen) atoms. The second kappa shape index (κ2) is 16.2. The van der Waals surface area contributed by atoms with Gasteiger partial charge in [-0.05, 0) is 77.4 Å². The topological polar surface area (TPSA) is 146 Å². The minimum absolute atomic E-state index is 0.108. The number of ether oxygens (including phenoxy) is 1. The summed E-state index contributed by atoms with van der Waals surface area (Å²) in [6.07, 6.45) is 0. The van der Waals surface area contributed by atoms with Crippen LogP contribution >= 0.6 is 0 Å². The molecule has 0 bridgehead atoms. The average molecular weight is 749 g/mol. The molecule has 0 saturated carbocycles. The van der Waals surface area contributed by atoms with Crippen molar-refractivity contribution in [2.45, 2.75) is 11.4 Å². The summed E-state index contributed by atoms with van der Waals surface area (Å²) in [5.41, 5.74) is 4.43. The molecule has 6 rings (SSSR count). The molecule has 278 valence electrons. The number of nitrogens with zero attached hydrogens (tertiary/aromatic N) is 5. The second-order valence-electron chi connectivity index (χ2n) is 12.8. The molecule has 14 heteroatoms. The quantitative estimate of drug-likeness (QED) is 0.120. The number of nitro groups is 1. The molecule has 3 amide bonds. The Balaban J connectivity index is 1.07. The van der Waals surface area contributed by atoms with E-state index in [-0.39, 0.29) is 11.3 Å². The molecular formula is C40H40N6O7S. The van der Waals surface area contributed by atoms with Gasteiger partial charge in [-0.25, -0.2) is 17.9 Å². The first kappa shape index (κ1) is 37.5. The van der Waals surface area contributed by atoms with E-state index in [1.807, 2.05) is 22.9 Å². The van der Waals surface area contributed by atoms with E-state index in [1.54, 1.807) is 48.5 Å². The van der Waals surface area contributed by atoms with Crippen molar-refractivity contribution in [2.24, 2.45) is 0 Å². The number of piperazine rings is 1. The highest BCUT2D eigenvalue weighted by Crippen LogP contribution is 2.32. The van der Waals surface area contributed by atoms with Crippen LogP contribution in [0.1, 0.15) is 15.9 Å². The third-order valence-electron chi connectivity index (χ3n) is 9.44. The summed E-state index contributed by atoms with van der Waals surface area (Å²) in [4.78, 5) is 44.1. The van der Waals surface area contributed by atoms with Gasteiger partial charge in [0.15, 0.2) is 0 Å². The van der Waals surface area contributed by atoms with E-state index < -0.39 is 37.5 Å². The molecule has 0 atom stereocenters. The van der Waals surface area contributed by atoms with Crippen LogP contribution in [-0.2, 0) is 16.6 Å². The number of rotatable bonds is 11. The zero-order valence-electron chi connectivity index (χ0n) is 30.1. The van der Waals surface area contributed by atoms with E-state index in [9.17, 15) is 28.1 Å². The Morgan fingerprint density at radius 1 is 0.815 bits per heavy atom. The van der Waals surface area contributed by atoms with Crippen LogP contribution in [-0.4, -0.2) is 77.6 Å². The Labute approximate surface area is 314 Å². The molecule has 0 radical (unpaired) electrons. The predicted molar refractivity (Wildman–Crippen MR) is 209 cm³/mol. The lowest BCUT2D eigenvalue weighted by Crippen LogP contribution is -2.46. The first-order valence-electron chi connectivity index (χ1n) is 17.2. The number of anilines is 3. The van der Waals surface area contributed by atoms with Gasteiger partial charge in [0.2, 0.25) is 0 Å². The van der Waals surface area contributed by atoms with E-state index >= 15 is 0 Å². The van der Waals surface area contributed by atoms with Gasteiger partial charge < -0.3 is 9.64 Å². The van der Waals surface area contributed by atoms with Gasteiger partial charge in [-0.3, -0.25) is 29.6 Å². The van der Waals surface area contributed by atoms with Gasteiger partial charge in [0.1, 0.15) is 11.4 Å². The lowest BCUT2D eigenvalue weighted by molar-refractivity contribution is -0.384. The smallest absolute Gasteiger partial charge is 0.328 e.